The van der Waals surface area contributed by atoms with E-state index >= 15 is 0 Å². The van der Waals surface area contributed by atoms with Gasteiger partial charge in [-0.25, -0.2) is 4.98 Å². The highest BCUT2D eigenvalue weighted by molar-refractivity contribution is 5.07. The van der Waals surface area contributed by atoms with Crippen molar-refractivity contribution in [2.45, 2.75) is 18.9 Å². The molecule has 2 aromatic heterocycles. The fraction of sp³-hybridized carbons (Fsp3) is 0.400. The van der Waals surface area contributed by atoms with E-state index in [0.717, 1.165) is 17.8 Å². The lowest BCUT2D eigenvalue weighted by Gasteiger charge is -2.07. The summed E-state index contributed by atoms with van der Waals surface area (Å²) in [6.07, 6.45) is 7.96. The molecule has 0 bridgehead atoms. The predicted octanol–water partition coefficient (Wildman–Crippen LogP) is 0.809. The lowest BCUT2D eigenvalue weighted by Crippen LogP contribution is -2.02. The van der Waals surface area contributed by atoms with Gasteiger partial charge in [-0.2, -0.15) is 5.10 Å². The molecule has 80 valence electrons. The van der Waals surface area contributed by atoms with Crippen molar-refractivity contribution < 1.29 is 5.11 Å². The van der Waals surface area contributed by atoms with Crippen LogP contribution in [0.25, 0.3) is 0 Å². The summed E-state index contributed by atoms with van der Waals surface area (Å²) in [5.74, 6) is 0.984. The lowest BCUT2D eigenvalue weighted by atomic mass is 10.1. The molecule has 0 aliphatic rings. The Labute approximate surface area is 87.8 Å². The summed E-state index contributed by atoms with van der Waals surface area (Å²) in [6.45, 7) is 0. The predicted molar refractivity (Wildman–Crippen MR) is 55.1 cm³/mol. The minimum absolute atomic E-state index is 0.472. The number of aliphatic hydroxyl groups excluding tert-OH is 1. The SMILES string of the molecule is Cn1ccnc1CCC(O)c1cn[nH]c1. The summed E-state index contributed by atoms with van der Waals surface area (Å²) < 4.78 is 1.96. The summed E-state index contributed by atoms with van der Waals surface area (Å²) in [5.41, 5.74) is 0.823. The van der Waals surface area contributed by atoms with Gasteiger partial charge in [0, 0.05) is 37.6 Å². The molecule has 0 saturated heterocycles. The quantitative estimate of drug-likeness (QED) is 0.778. The molecule has 0 aromatic carbocycles. The van der Waals surface area contributed by atoms with Gasteiger partial charge in [0.15, 0.2) is 0 Å². The van der Waals surface area contributed by atoms with Gasteiger partial charge >= 0.3 is 0 Å². The summed E-state index contributed by atoms with van der Waals surface area (Å²) in [7, 11) is 1.95. The Morgan fingerprint density at radius 1 is 1.60 bits per heavy atom. The van der Waals surface area contributed by atoms with Gasteiger partial charge in [-0.15, -0.1) is 0 Å². The van der Waals surface area contributed by atoms with E-state index in [0.29, 0.717) is 6.42 Å². The second-order valence-electron chi connectivity index (χ2n) is 3.54. The molecule has 1 unspecified atom stereocenters. The monoisotopic (exact) mass is 206 g/mol. The Morgan fingerprint density at radius 2 is 2.47 bits per heavy atom. The molecule has 2 heterocycles. The molecule has 1 atom stereocenters. The molecule has 2 rings (SSSR count). The van der Waals surface area contributed by atoms with Gasteiger partial charge in [0.2, 0.25) is 0 Å². The molecule has 2 aromatic rings. The van der Waals surface area contributed by atoms with Crippen molar-refractivity contribution in [3.8, 4) is 0 Å². The van der Waals surface area contributed by atoms with Crippen LogP contribution in [-0.2, 0) is 13.5 Å². The van der Waals surface area contributed by atoms with Gasteiger partial charge in [-0.3, -0.25) is 5.10 Å². The minimum Gasteiger partial charge on any atom is -0.388 e. The zero-order chi connectivity index (χ0) is 10.7. The van der Waals surface area contributed by atoms with Crippen molar-refractivity contribution in [1.29, 1.82) is 0 Å². The number of hydrogen-bond acceptors (Lipinski definition) is 3. The van der Waals surface area contributed by atoms with Gasteiger partial charge in [-0.1, -0.05) is 0 Å². The first-order chi connectivity index (χ1) is 7.27. The molecule has 0 radical (unpaired) electrons. The Bertz CT molecular complexity index is 407. The first-order valence-corrected chi connectivity index (χ1v) is 4.90. The largest absolute Gasteiger partial charge is 0.388 e. The minimum atomic E-state index is -0.472. The average molecular weight is 206 g/mol. The summed E-state index contributed by atoms with van der Waals surface area (Å²) in [4.78, 5) is 4.20. The van der Waals surface area contributed by atoms with Crippen molar-refractivity contribution in [3.05, 3.63) is 36.2 Å². The molecule has 5 nitrogen and oxygen atoms in total. The van der Waals surface area contributed by atoms with Gasteiger partial charge in [0.25, 0.3) is 0 Å². The Kier molecular flexibility index (Phi) is 2.82. The van der Waals surface area contributed by atoms with E-state index in [1.807, 2.05) is 17.8 Å². The summed E-state index contributed by atoms with van der Waals surface area (Å²) in [5, 5.41) is 16.3. The highest BCUT2D eigenvalue weighted by atomic mass is 16.3. The normalized spacial score (nSPS) is 12.9. The smallest absolute Gasteiger partial charge is 0.108 e. The third-order valence-electron chi connectivity index (χ3n) is 2.47. The Balaban J connectivity index is 1.91. The van der Waals surface area contributed by atoms with E-state index in [-0.39, 0.29) is 0 Å². The van der Waals surface area contributed by atoms with E-state index < -0.39 is 6.10 Å². The number of aryl methyl sites for hydroxylation is 2. The highest BCUT2D eigenvalue weighted by Crippen LogP contribution is 2.16. The molecule has 0 aliphatic heterocycles. The van der Waals surface area contributed by atoms with Crippen LogP contribution in [0.5, 0.6) is 0 Å². The maximum atomic E-state index is 9.80. The molecule has 15 heavy (non-hydrogen) atoms. The number of aliphatic hydroxyl groups is 1. The highest BCUT2D eigenvalue weighted by Gasteiger charge is 2.09. The Morgan fingerprint density at radius 3 is 3.07 bits per heavy atom. The van der Waals surface area contributed by atoms with E-state index in [4.69, 9.17) is 0 Å². The summed E-state index contributed by atoms with van der Waals surface area (Å²) >= 11 is 0. The van der Waals surface area contributed by atoms with Crippen molar-refractivity contribution >= 4 is 0 Å². The van der Waals surface area contributed by atoms with Crippen LogP contribution in [0.4, 0.5) is 0 Å². The van der Waals surface area contributed by atoms with Crippen LogP contribution in [0.1, 0.15) is 23.9 Å². The third kappa shape index (κ3) is 2.24. The third-order valence-corrected chi connectivity index (χ3v) is 2.47. The number of H-pyrrole nitrogens is 1. The first kappa shape index (κ1) is 9.92. The van der Waals surface area contributed by atoms with E-state index in [9.17, 15) is 5.11 Å². The topological polar surface area (TPSA) is 66.7 Å². The molecular formula is C10H14N4O. The van der Waals surface area contributed by atoms with Crippen LogP contribution in [0.2, 0.25) is 0 Å². The fourth-order valence-corrected chi connectivity index (χ4v) is 1.51. The molecule has 2 N–H and O–H groups in total. The van der Waals surface area contributed by atoms with E-state index in [2.05, 4.69) is 15.2 Å². The summed E-state index contributed by atoms with van der Waals surface area (Å²) in [6, 6.07) is 0. The van der Waals surface area contributed by atoms with Crippen LogP contribution < -0.4 is 0 Å². The number of nitrogens with zero attached hydrogens (tertiary/aromatic N) is 3. The van der Waals surface area contributed by atoms with Crippen molar-refractivity contribution in [3.63, 3.8) is 0 Å². The standard InChI is InChI=1S/C10H14N4O/c1-14-5-4-11-10(14)3-2-9(15)8-6-12-13-7-8/h4-7,9,15H,2-3H2,1H3,(H,12,13). The zero-order valence-electron chi connectivity index (χ0n) is 8.59. The van der Waals surface area contributed by atoms with Crippen molar-refractivity contribution in [2.24, 2.45) is 7.05 Å². The van der Waals surface area contributed by atoms with Gasteiger partial charge < -0.3 is 9.67 Å². The van der Waals surface area contributed by atoms with Gasteiger partial charge in [0.1, 0.15) is 5.82 Å². The van der Waals surface area contributed by atoms with E-state index in [1.54, 1.807) is 18.6 Å². The number of aromatic nitrogens is 4. The van der Waals surface area contributed by atoms with Crippen molar-refractivity contribution in [2.75, 3.05) is 0 Å². The maximum absolute atomic E-state index is 9.80. The number of rotatable bonds is 4. The van der Waals surface area contributed by atoms with Crippen LogP contribution in [0.3, 0.4) is 0 Å². The average Bonchev–Trinajstić information content (AvgIpc) is 2.85. The van der Waals surface area contributed by atoms with Crippen LogP contribution >= 0.6 is 0 Å². The number of nitrogens with one attached hydrogen (secondary N) is 1. The van der Waals surface area contributed by atoms with Gasteiger partial charge in [0.05, 0.1) is 12.3 Å². The van der Waals surface area contributed by atoms with Crippen molar-refractivity contribution in [1.82, 2.24) is 19.7 Å². The fourth-order valence-electron chi connectivity index (χ4n) is 1.51. The second-order valence-corrected chi connectivity index (χ2v) is 3.54. The molecule has 5 heteroatoms. The molecular weight excluding hydrogens is 192 g/mol. The maximum Gasteiger partial charge on any atom is 0.108 e. The zero-order valence-corrected chi connectivity index (χ0v) is 8.59. The first-order valence-electron chi connectivity index (χ1n) is 4.90. The number of hydrogen-bond donors (Lipinski definition) is 2. The number of aromatic amines is 1. The van der Waals surface area contributed by atoms with E-state index in [1.165, 1.54) is 0 Å². The molecule has 0 aliphatic carbocycles. The van der Waals surface area contributed by atoms with Crippen LogP contribution in [0.15, 0.2) is 24.8 Å². The molecule has 0 fully saturated rings. The molecule has 0 saturated carbocycles. The molecule has 0 spiro atoms. The van der Waals surface area contributed by atoms with Crippen LogP contribution in [0, 0.1) is 0 Å². The van der Waals surface area contributed by atoms with Crippen LogP contribution in [-0.4, -0.2) is 24.9 Å². The lowest BCUT2D eigenvalue weighted by molar-refractivity contribution is 0.167. The van der Waals surface area contributed by atoms with Gasteiger partial charge in [-0.05, 0) is 6.42 Å². The second kappa shape index (κ2) is 4.27. The number of imidazole rings is 1. The Hall–Kier alpha value is -1.62. The molecule has 0 amide bonds.